The highest BCUT2D eigenvalue weighted by Crippen LogP contribution is 2.25. The number of carbonyl (C=O) groups is 2. The van der Waals surface area contributed by atoms with Gasteiger partial charge in [-0.3, -0.25) is 14.5 Å². The van der Waals surface area contributed by atoms with Crippen LogP contribution in [-0.2, 0) is 4.79 Å². The molecule has 0 N–H and O–H groups in total. The summed E-state index contributed by atoms with van der Waals surface area (Å²) >= 11 is 0. The zero-order valence-corrected chi connectivity index (χ0v) is 16.1. The molecule has 0 spiro atoms. The minimum Gasteiger partial charge on any atom is -0.340 e. The Kier molecular flexibility index (Phi) is 5.62. The minimum absolute atomic E-state index is 0.109. The van der Waals surface area contributed by atoms with E-state index >= 15 is 0 Å². The lowest BCUT2D eigenvalue weighted by atomic mass is 9.93. The molecule has 2 aliphatic heterocycles. The molecule has 5 nitrogen and oxygen atoms in total. The van der Waals surface area contributed by atoms with Gasteiger partial charge < -0.3 is 9.80 Å². The van der Waals surface area contributed by atoms with Crippen LogP contribution in [0.1, 0.15) is 42.5 Å². The molecule has 2 amide bonds. The second-order valence-corrected chi connectivity index (χ2v) is 8.19. The lowest BCUT2D eigenvalue weighted by Crippen LogP contribution is -2.59. The van der Waals surface area contributed by atoms with Gasteiger partial charge in [-0.2, -0.15) is 0 Å². The van der Waals surface area contributed by atoms with Crippen molar-refractivity contribution in [1.82, 2.24) is 14.7 Å². The lowest BCUT2D eigenvalue weighted by Gasteiger charge is -2.44. The number of hydrogen-bond donors (Lipinski definition) is 0. The van der Waals surface area contributed by atoms with E-state index in [0.717, 1.165) is 38.3 Å². The molecule has 152 valence electrons. The van der Waals surface area contributed by atoms with Gasteiger partial charge >= 0.3 is 0 Å². The fourth-order valence-corrected chi connectivity index (χ4v) is 4.62. The summed E-state index contributed by atoms with van der Waals surface area (Å²) in [6.45, 7) is 4.06. The van der Waals surface area contributed by atoms with Gasteiger partial charge in [-0.1, -0.05) is 19.3 Å². The first-order valence-electron chi connectivity index (χ1n) is 10.3. The first-order valence-corrected chi connectivity index (χ1v) is 10.3. The van der Waals surface area contributed by atoms with Crippen molar-refractivity contribution in [2.24, 2.45) is 5.92 Å². The van der Waals surface area contributed by atoms with Crippen molar-refractivity contribution < 1.29 is 18.4 Å². The average molecular weight is 391 g/mol. The summed E-state index contributed by atoms with van der Waals surface area (Å²) in [6.07, 6.45) is 6.52. The summed E-state index contributed by atoms with van der Waals surface area (Å²) in [5.41, 5.74) is 0.117. The Balaban J connectivity index is 1.25. The molecule has 4 rings (SSSR count). The van der Waals surface area contributed by atoms with Gasteiger partial charge in [-0.25, -0.2) is 8.78 Å². The Morgan fingerprint density at radius 1 is 0.857 bits per heavy atom. The number of nitrogens with zero attached hydrogens (tertiary/aromatic N) is 3. The van der Waals surface area contributed by atoms with Crippen LogP contribution in [0.15, 0.2) is 18.2 Å². The molecule has 2 heterocycles. The molecule has 1 saturated carbocycles. The van der Waals surface area contributed by atoms with Crippen molar-refractivity contribution in [2.75, 3.05) is 39.3 Å². The van der Waals surface area contributed by atoms with Crippen molar-refractivity contribution >= 4 is 11.8 Å². The molecule has 7 heteroatoms. The molecule has 0 bridgehead atoms. The fraction of sp³-hybridized carbons (Fsp3) is 0.619. The third-order valence-electron chi connectivity index (χ3n) is 6.40. The summed E-state index contributed by atoms with van der Waals surface area (Å²) in [4.78, 5) is 31.1. The van der Waals surface area contributed by atoms with Crippen LogP contribution in [0.4, 0.5) is 8.78 Å². The third kappa shape index (κ3) is 3.90. The van der Waals surface area contributed by atoms with Crippen molar-refractivity contribution in [3.8, 4) is 0 Å². The van der Waals surface area contributed by atoms with Crippen LogP contribution in [0.25, 0.3) is 0 Å². The maximum absolute atomic E-state index is 13.3. The molecular formula is C21H27F2N3O2. The molecule has 3 aliphatic rings. The van der Waals surface area contributed by atoms with E-state index in [1.165, 1.54) is 43.1 Å². The van der Waals surface area contributed by atoms with Crippen LogP contribution in [0.2, 0.25) is 0 Å². The largest absolute Gasteiger partial charge is 0.340 e. The zero-order valence-electron chi connectivity index (χ0n) is 16.1. The smallest absolute Gasteiger partial charge is 0.254 e. The lowest BCUT2D eigenvalue weighted by molar-refractivity contribution is -0.142. The Bertz CT molecular complexity index is 737. The molecule has 3 fully saturated rings. The Hall–Kier alpha value is -2.02. The van der Waals surface area contributed by atoms with Crippen molar-refractivity contribution in [2.45, 2.75) is 38.1 Å². The Morgan fingerprint density at radius 3 is 2.18 bits per heavy atom. The predicted molar refractivity (Wildman–Crippen MR) is 101 cm³/mol. The van der Waals surface area contributed by atoms with Gasteiger partial charge in [-0.05, 0) is 31.0 Å². The van der Waals surface area contributed by atoms with E-state index < -0.39 is 11.6 Å². The van der Waals surface area contributed by atoms with E-state index in [1.54, 1.807) is 0 Å². The van der Waals surface area contributed by atoms with Crippen LogP contribution in [-0.4, -0.2) is 71.8 Å². The fourth-order valence-electron chi connectivity index (χ4n) is 4.62. The van der Waals surface area contributed by atoms with Gasteiger partial charge in [0.15, 0.2) is 11.6 Å². The first kappa shape index (κ1) is 19.3. The third-order valence-corrected chi connectivity index (χ3v) is 6.40. The van der Waals surface area contributed by atoms with E-state index in [4.69, 9.17) is 0 Å². The maximum atomic E-state index is 13.3. The monoisotopic (exact) mass is 391 g/mol. The summed E-state index contributed by atoms with van der Waals surface area (Å²) < 4.78 is 26.4. The molecule has 1 aliphatic carbocycles. The summed E-state index contributed by atoms with van der Waals surface area (Å²) in [5.74, 6) is -2.44. The molecule has 0 aromatic heterocycles. The molecule has 0 atom stereocenters. The molecule has 1 aromatic carbocycles. The van der Waals surface area contributed by atoms with Crippen LogP contribution in [0.3, 0.4) is 0 Å². The van der Waals surface area contributed by atoms with Crippen molar-refractivity contribution in [1.29, 1.82) is 0 Å². The second kappa shape index (κ2) is 8.15. The van der Waals surface area contributed by atoms with E-state index in [0.29, 0.717) is 19.1 Å². The predicted octanol–water partition coefficient (Wildman–Crippen LogP) is 2.51. The average Bonchev–Trinajstić information content (AvgIpc) is 2.69. The molecular weight excluding hydrogens is 364 g/mol. The highest BCUT2D eigenvalue weighted by atomic mass is 19.2. The SMILES string of the molecule is O=C(c1ccc(F)c(F)c1)N1CC(C(=O)N2CCN(C3CCCCC3)CC2)C1. The van der Waals surface area contributed by atoms with Crippen LogP contribution < -0.4 is 0 Å². The first-order chi connectivity index (χ1) is 13.5. The number of halogens is 2. The number of carbonyl (C=O) groups excluding carboxylic acids is 2. The van der Waals surface area contributed by atoms with E-state index in [-0.39, 0.29) is 23.3 Å². The van der Waals surface area contributed by atoms with Crippen LogP contribution in [0, 0.1) is 17.6 Å². The van der Waals surface area contributed by atoms with Gasteiger partial charge in [0.1, 0.15) is 0 Å². The number of likely N-dealkylation sites (tertiary alicyclic amines) is 1. The number of piperazine rings is 1. The number of hydrogen-bond acceptors (Lipinski definition) is 3. The van der Waals surface area contributed by atoms with Gasteiger partial charge in [0.25, 0.3) is 5.91 Å². The minimum atomic E-state index is -1.03. The summed E-state index contributed by atoms with van der Waals surface area (Å²) in [5, 5.41) is 0. The van der Waals surface area contributed by atoms with Gasteiger partial charge in [0.05, 0.1) is 5.92 Å². The standard InChI is InChI=1S/C21H27F2N3O2/c22-18-7-6-15(12-19(18)23)20(27)26-13-16(14-26)21(28)25-10-8-24(9-11-25)17-4-2-1-3-5-17/h6-7,12,16-17H,1-5,8-11,13-14H2. The number of benzene rings is 1. The Labute approximate surface area is 164 Å². The highest BCUT2D eigenvalue weighted by Gasteiger charge is 2.39. The van der Waals surface area contributed by atoms with Crippen molar-refractivity contribution in [3.63, 3.8) is 0 Å². The van der Waals surface area contributed by atoms with Gasteiger partial charge in [0, 0.05) is 50.9 Å². The summed E-state index contributed by atoms with van der Waals surface area (Å²) in [6, 6.07) is 3.83. The highest BCUT2D eigenvalue weighted by molar-refractivity contribution is 5.96. The second-order valence-electron chi connectivity index (χ2n) is 8.19. The van der Waals surface area contributed by atoms with E-state index in [1.807, 2.05) is 4.90 Å². The van der Waals surface area contributed by atoms with E-state index in [2.05, 4.69) is 4.90 Å². The molecule has 0 unspecified atom stereocenters. The summed E-state index contributed by atoms with van der Waals surface area (Å²) in [7, 11) is 0. The molecule has 0 radical (unpaired) electrons. The van der Waals surface area contributed by atoms with Gasteiger partial charge in [-0.15, -0.1) is 0 Å². The Morgan fingerprint density at radius 2 is 1.54 bits per heavy atom. The van der Waals surface area contributed by atoms with Crippen LogP contribution >= 0.6 is 0 Å². The number of rotatable bonds is 3. The van der Waals surface area contributed by atoms with Crippen molar-refractivity contribution in [3.05, 3.63) is 35.4 Å². The maximum Gasteiger partial charge on any atom is 0.254 e. The number of amides is 2. The normalized spacial score (nSPS) is 22.2. The molecule has 1 aromatic rings. The van der Waals surface area contributed by atoms with Crippen LogP contribution in [0.5, 0.6) is 0 Å². The molecule has 2 saturated heterocycles. The topological polar surface area (TPSA) is 43.9 Å². The zero-order chi connectivity index (χ0) is 19.7. The van der Waals surface area contributed by atoms with E-state index in [9.17, 15) is 18.4 Å². The van der Waals surface area contributed by atoms with Gasteiger partial charge in [0.2, 0.25) is 5.91 Å². The quantitative estimate of drug-likeness (QED) is 0.795. The molecule has 28 heavy (non-hydrogen) atoms.